The van der Waals surface area contributed by atoms with Crippen molar-refractivity contribution in [2.45, 2.75) is 13.3 Å². The van der Waals surface area contributed by atoms with E-state index in [9.17, 15) is 14.4 Å². The van der Waals surface area contributed by atoms with Gasteiger partial charge in [-0.1, -0.05) is 6.07 Å². The number of anilines is 2. The number of nitrogens with one attached hydrogen (secondary N) is 2. The number of benzene rings is 1. The van der Waals surface area contributed by atoms with Gasteiger partial charge in [0.15, 0.2) is 6.61 Å². The van der Waals surface area contributed by atoms with Crippen molar-refractivity contribution in [1.29, 1.82) is 0 Å². The molecule has 0 radical (unpaired) electrons. The second kappa shape index (κ2) is 9.85. The van der Waals surface area contributed by atoms with Gasteiger partial charge >= 0.3 is 11.9 Å². The Hall–Kier alpha value is -3.49. The highest BCUT2D eigenvalue weighted by molar-refractivity contribution is 5.96. The number of aromatic nitrogens is 2. The Morgan fingerprint density at radius 1 is 1.15 bits per heavy atom. The first-order valence-electron chi connectivity index (χ1n) is 8.15. The van der Waals surface area contributed by atoms with Crippen LogP contribution in [0.2, 0.25) is 0 Å². The minimum Gasteiger partial charge on any atom is -0.465 e. The van der Waals surface area contributed by atoms with E-state index in [-0.39, 0.29) is 13.0 Å². The molecule has 1 amide bonds. The molecule has 9 nitrogen and oxygen atoms in total. The third kappa shape index (κ3) is 6.38. The van der Waals surface area contributed by atoms with E-state index in [1.54, 1.807) is 37.5 Å². The number of carbonyl (C=O) groups excluding carboxylic acids is 3. The third-order valence-electron chi connectivity index (χ3n) is 3.48. The number of ether oxygens (including phenoxy) is 2. The highest BCUT2D eigenvalue weighted by Crippen LogP contribution is 2.17. The van der Waals surface area contributed by atoms with Crippen molar-refractivity contribution in [3.8, 4) is 0 Å². The van der Waals surface area contributed by atoms with Crippen molar-refractivity contribution in [3.63, 3.8) is 0 Å². The minimum absolute atomic E-state index is 0.0579. The average Bonchev–Trinajstić information content (AvgIpc) is 2.68. The van der Waals surface area contributed by atoms with Crippen molar-refractivity contribution in [1.82, 2.24) is 9.97 Å². The number of esters is 2. The van der Waals surface area contributed by atoms with E-state index in [2.05, 4.69) is 25.3 Å². The summed E-state index contributed by atoms with van der Waals surface area (Å²) in [7, 11) is 1.28. The largest absolute Gasteiger partial charge is 0.465 e. The molecule has 0 saturated heterocycles. The van der Waals surface area contributed by atoms with Crippen LogP contribution in [0.1, 0.15) is 22.3 Å². The third-order valence-corrected chi connectivity index (χ3v) is 3.48. The Morgan fingerprint density at radius 3 is 2.59 bits per heavy atom. The molecule has 0 fully saturated rings. The molecule has 2 rings (SSSR count). The van der Waals surface area contributed by atoms with Gasteiger partial charge in [0.25, 0.3) is 5.91 Å². The zero-order chi connectivity index (χ0) is 19.6. The van der Waals surface area contributed by atoms with Crippen molar-refractivity contribution in [2.24, 2.45) is 0 Å². The Labute approximate surface area is 156 Å². The summed E-state index contributed by atoms with van der Waals surface area (Å²) in [6, 6.07) is 6.47. The van der Waals surface area contributed by atoms with Gasteiger partial charge in [0.05, 0.1) is 19.1 Å². The van der Waals surface area contributed by atoms with E-state index < -0.39 is 24.5 Å². The molecule has 1 aromatic heterocycles. The van der Waals surface area contributed by atoms with Gasteiger partial charge in [-0.3, -0.25) is 9.59 Å². The summed E-state index contributed by atoms with van der Waals surface area (Å²) >= 11 is 0. The summed E-state index contributed by atoms with van der Waals surface area (Å²) in [6.45, 7) is 1.63. The second-order valence-electron chi connectivity index (χ2n) is 5.48. The van der Waals surface area contributed by atoms with Crippen molar-refractivity contribution >= 4 is 29.5 Å². The number of methoxy groups -OCH3 is 1. The number of rotatable bonds is 8. The van der Waals surface area contributed by atoms with E-state index >= 15 is 0 Å². The van der Waals surface area contributed by atoms with Gasteiger partial charge in [0.2, 0.25) is 5.95 Å². The molecular weight excluding hydrogens is 352 g/mol. The molecule has 0 spiro atoms. The normalized spacial score (nSPS) is 10.0. The molecule has 0 aliphatic carbocycles. The molecule has 2 aromatic rings. The predicted molar refractivity (Wildman–Crippen MR) is 97.2 cm³/mol. The maximum absolute atomic E-state index is 12.0. The summed E-state index contributed by atoms with van der Waals surface area (Å²) in [4.78, 5) is 43.1. The van der Waals surface area contributed by atoms with Crippen LogP contribution in [0.25, 0.3) is 0 Å². The monoisotopic (exact) mass is 372 g/mol. The van der Waals surface area contributed by atoms with Crippen molar-refractivity contribution < 1.29 is 23.9 Å². The highest BCUT2D eigenvalue weighted by Gasteiger charge is 2.12. The van der Waals surface area contributed by atoms with Crippen LogP contribution in [0.4, 0.5) is 11.6 Å². The Morgan fingerprint density at radius 2 is 1.89 bits per heavy atom. The zero-order valence-electron chi connectivity index (χ0n) is 15.0. The SMILES string of the molecule is COC(=O)c1ccc(C)c(NC(=O)COC(=O)CCNc2ncccn2)c1. The molecule has 0 saturated carbocycles. The number of carbonyl (C=O) groups is 3. The van der Waals surface area contributed by atoms with E-state index in [1.807, 2.05) is 0 Å². The maximum atomic E-state index is 12.0. The summed E-state index contributed by atoms with van der Waals surface area (Å²) in [5.41, 5.74) is 1.51. The van der Waals surface area contributed by atoms with Crippen LogP contribution in [0, 0.1) is 6.92 Å². The van der Waals surface area contributed by atoms with Crippen LogP contribution in [0.15, 0.2) is 36.7 Å². The average molecular weight is 372 g/mol. The molecular formula is C18H20N4O5. The summed E-state index contributed by atoms with van der Waals surface area (Å²) in [6.07, 6.45) is 3.22. The molecule has 0 bridgehead atoms. The van der Waals surface area contributed by atoms with Crippen LogP contribution in [-0.4, -0.2) is 48.1 Å². The van der Waals surface area contributed by atoms with E-state index in [0.29, 0.717) is 17.2 Å². The maximum Gasteiger partial charge on any atom is 0.337 e. The number of amides is 1. The van der Waals surface area contributed by atoms with Crippen LogP contribution in [-0.2, 0) is 19.1 Å². The fraction of sp³-hybridized carbons (Fsp3) is 0.278. The second-order valence-corrected chi connectivity index (χ2v) is 5.48. The van der Waals surface area contributed by atoms with Crippen LogP contribution in [0.3, 0.4) is 0 Å². The Balaban J connectivity index is 1.77. The first-order chi connectivity index (χ1) is 13.0. The number of aryl methyl sites for hydroxylation is 1. The Kier molecular flexibility index (Phi) is 7.24. The van der Waals surface area contributed by atoms with Gasteiger partial charge in [-0.15, -0.1) is 0 Å². The molecule has 0 unspecified atom stereocenters. The van der Waals surface area contributed by atoms with E-state index in [1.165, 1.54) is 13.2 Å². The van der Waals surface area contributed by atoms with Gasteiger partial charge in [-0.2, -0.15) is 0 Å². The summed E-state index contributed by atoms with van der Waals surface area (Å²) < 4.78 is 9.58. The number of hydrogen-bond donors (Lipinski definition) is 2. The smallest absolute Gasteiger partial charge is 0.337 e. The van der Waals surface area contributed by atoms with Gasteiger partial charge in [-0.05, 0) is 30.7 Å². The standard InChI is InChI=1S/C18H20N4O5/c1-12-4-5-13(17(25)26-2)10-14(12)22-15(23)11-27-16(24)6-9-21-18-19-7-3-8-20-18/h3-5,7-8,10H,6,9,11H2,1-2H3,(H,22,23)(H,19,20,21). The van der Waals surface area contributed by atoms with Gasteiger partial charge < -0.3 is 20.1 Å². The predicted octanol–water partition coefficient (Wildman–Crippen LogP) is 1.56. The number of hydrogen-bond acceptors (Lipinski definition) is 8. The lowest BCUT2D eigenvalue weighted by Gasteiger charge is -2.10. The van der Waals surface area contributed by atoms with Crippen LogP contribution >= 0.6 is 0 Å². The Bertz CT molecular complexity index is 811. The van der Waals surface area contributed by atoms with Crippen LogP contribution in [0.5, 0.6) is 0 Å². The first-order valence-corrected chi connectivity index (χ1v) is 8.15. The van der Waals surface area contributed by atoms with Gasteiger partial charge in [-0.25, -0.2) is 14.8 Å². The highest BCUT2D eigenvalue weighted by atomic mass is 16.5. The molecule has 0 aliphatic rings. The van der Waals surface area contributed by atoms with E-state index in [4.69, 9.17) is 4.74 Å². The van der Waals surface area contributed by atoms with E-state index in [0.717, 1.165) is 5.56 Å². The molecule has 2 N–H and O–H groups in total. The summed E-state index contributed by atoms with van der Waals surface area (Å²) in [5, 5.41) is 5.47. The van der Waals surface area contributed by atoms with Gasteiger partial charge in [0, 0.05) is 24.6 Å². The summed E-state index contributed by atoms with van der Waals surface area (Å²) in [5.74, 6) is -1.14. The van der Waals surface area contributed by atoms with Crippen LogP contribution < -0.4 is 10.6 Å². The zero-order valence-corrected chi connectivity index (χ0v) is 15.0. The molecule has 0 aliphatic heterocycles. The topological polar surface area (TPSA) is 120 Å². The fourth-order valence-electron chi connectivity index (χ4n) is 2.07. The molecule has 27 heavy (non-hydrogen) atoms. The van der Waals surface area contributed by atoms with Crippen molar-refractivity contribution in [2.75, 3.05) is 30.9 Å². The first kappa shape index (κ1) is 19.8. The lowest BCUT2D eigenvalue weighted by atomic mass is 10.1. The quantitative estimate of drug-likeness (QED) is 0.670. The lowest BCUT2D eigenvalue weighted by molar-refractivity contribution is -0.147. The van der Waals surface area contributed by atoms with Gasteiger partial charge in [0.1, 0.15) is 0 Å². The fourth-order valence-corrected chi connectivity index (χ4v) is 2.07. The number of nitrogens with zero attached hydrogens (tertiary/aromatic N) is 2. The van der Waals surface area contributed by atoms with Crippen molar-refractivity contribution in [3.05, 3.63) is 47.8 Å². The minimum atomic E-state index is -0.534. The molecule has 0 atom stereocenters. The molecule has 9 heteroatoms. The molecule has 1 heterocycles. The molecule has 1 aromatic carbocycles. The lowest BCUT2D eigenvalue weighted by Crippen LogP contribution is -2.22. The molecule has 142 valence electrons.